The number of Topliss-reactive ketones (excluding diaryl/α,β-unsaturated/α-hetero) is 1. The SMILES string of the molecule is CCNC(=O)c1[nH]c(C)c(C(=O)COc2ccc(C)c(C)c2)c1C. The average Bonchev–Trinajstić information content (AvgIpc) is 2.83. The number of nitrogens with one attached hydrogen (secondary N) is 2. The Morgan fingerprint density at radius 2 is 1.83 bits per heavy atom. The number of ether oxygens (including phenoxy) is 1. The zero-order valence-electron chi connectivity index (χ0n) is 14.9. The minimum Gasteiger partial charge on any atom is -0.485 e. The molecule has 24 heavy (non-hydrogen) atoms. The number of aryl methyl sites for hydroxylation is 3. The summed E-state index contributed by atoms with van der Waals surface area (Å²) in [6.07, 6.45) is 0. The van der Waals surface area contributed by atoms with E-state index in [1.165, 1.54) is 5.56 Å². The third kappa shape index (κ3) is 3.67. The number of aromatic nitrogens is 1. The summed E-state index contributed by atoms with van der Waals surface area (Å²) in [6.45, 7) is 9.93. The predicted octanol–water partition coefficient (Wildman–Crippen LogP) is 3.26. The van der Waals surface area contributed by atoms with Crippen molar-refractivity contribution in [2.45, 2.75) is 34.6 Å². The first-order valence-corrected chi connectivity index (χ1v) is 8.05. The van der Waals surface area contributed by atoms with Crippen molar-refractivity contribution in [1.29, 1.82) is 0 Å². The van der Waals surface area contributed by atoms with Crippen LogP contribution < -0.4 is 10.1 Å². The van der Waals surface area contributed by atoms with Gasteiger partial charge in [0.15, 0.2) is 6.61 Å². The molecule has 5 heteroatoms. The van der Waals surface area contributed by atoms with Crippen LogP contribution in [-0.2, 0) is 0 Å². The van der Waals surface area contributed by atoms with Crippen molar-refractivity contribution in [3.63, 3.8) is 0 Å². The first-order chi connectivity index (χ1) is 11.3. The van der Waals surface area contributed by atoms with E-state index in [2.05, 4.69) is 10.3 Å². The van der Waals surface area contributed by atoms with Crippen molar-refractivity contribution in [3.05, 3.63) is 51.8 Å². The second-order valence-corrected chi connectivity index (χ2v) is 5.94. The smallest absolute Gasteiger partial charge is 0.267 e. The Kier molecular flexibility index (Phi) is 5.44. The lowest BCUT2D eigenvalue weighted by atomic mass is 10.1. The molecular formula is C19H24N2O3. The van der Waals surface area contributed by atoms with E-state index in [9.17, 15) is 9.59 Å². The Balaban J connectivity index is 2.15. The maximum Gasteiger partial charge on any atom is 0.267 e. The van der Waals surface area contributed by atoms with Gasteiger partial charge in [-0.2, -0.15) is 0 Å². The van der Waals surface area contributed by atoms with Gasteiger partial charge in [-0.25, -0.2) is 0 Å². The van der Waals surface area contributed by atoms with E-state index < -0.39 is 0 Å². The van der Waals surface area contributed by atoms with Gasteiger partial charge in [0.1, 0.15) is 11.4 Å². The maximum atomic E-state index is 12.5. The summed E-state index contributed by atoms with van der Waals surface area (Å²) in [6, 6.07) is 5.74. The second kappa shape index (κ2) is 7.34. The lowest BCUT2D eigenvalue weighted by Crippen LogP contribution is -2.24. The zero-order chi connectivity index (χ0) is 17.9. The molecule has 2 aromatic rings. The van der Waals surface area contributed by atoms with E-state index in [0.29, 0.717) is 34.8 Å². The molecule has 0 unspecified atom stereocenters. The van der Waals surface area contributed by atoms with E-state index in [4.69, 9.17) is 4.74 Å². The van der Waals surface area contributed by atoms with Crippen molar-refractivity contribution < 1.29 is 14.3 Å². The van der Waals surface area contributed by atoms with Crippen LogP contribution in [-0.4, -0.2) is 29.8 Å². The third-order valence-electron chi connectivity index (χ3n) is 4.13. The van der Waals surface area contributed by atoms with Gasteiger partial charge in [0.25, 0.3) is 5.91 Å². The summed E-state index contributed by atoms with van der Waals surface area (Å²) in [5, 5.41) is 2.74. The fourth-order valence-corrected chi connectivity index (χ4v) is 2.67. The zero-order valence-corrected chi connectivity index (χ0v) is 14.9. The molecule has 2 N–H and O–H groups in total. The summed E-state index contributed by atoms with van der Waals surface area (Å²) in [4.78, 5) is 27.6. The van der Waals surface area contributed by atoms with E-state index in [0.717, 1.165) is 5.56 Å². The highest BCUT2D eigenvalue weighted by atomic mass is 16.5. The largest absolute Gasteiger partial charge is 0.485 e. The molecule has 0 spiro atoms. The molecule has 1 heterocycles. The van der Waals surface area contributed by atoms with Crippen molar-refractivity contribution in [2.24, 2.45) is 0 Å². The van der Waals surface area contributed by atoms with Crippen LogP contribution >= 0.6 is 0 Å². The Bertz CT molecular complexity index is 775. The number of aromatic amines is 1. The predicted molar refractivity (Wildman–Crippen MR) is 94.0 cm³/mol. The number of H-pyrrole nitrogens is 1. The number of benzene rings is 1. The molecule has 0 radical (unpaired) electrons. The molecule has 0 saturated carbocycles. The van der Waals surface area contributed by atoms with Gasteiger partial charge in [-0.1, -0.05) is 6.07 Å². The van der Waals surface area contributed by atoms with Gasteiger partial charge in [0, 0.05) is 17.8 Å². The van der Waals surface area contributed by atoms with Gasteiger partial charge in [0.2, 0.25) is 5.78 Å². The molecule has 1 aromatic heterocycles. The highest BCUT2D eigenvalue weighted by Gasteiger charge is 2.21. The van der Waals surface area contributed by atoms with Crippen LogP contribution in [0.25, 0.3) is 0 Å². The van der Waals surface area contributed by atoms with Crippen LogP contribution in [0.3, 0.4) is 0 Å². The Morgan fingerprint density at radius 1 is 1.12 bits per heavy atom. The van der Waals surface area contributed by atoms with Crippen LogP contribution in [0.1, 0.15) is 50.2 Å². The molecular weight excluding hydrogens is 304 g/mol. The fraction of sp³-hybridized carbons (Fsp3) is 0.368. The molecule has 128 valence electrons. The number of carbonyl (C=O) groups excluding carboxylic acids is 2. The number of ketones is 1. The minimum atomic E-state index is -0.202. The van der Waals surface area contributed by atoms with Crippen molar-refractivity contribution in [2.75, 3.05) is 13.2 Å². The number of hydrogen-bond donors (Lipinski definition) is 2. The molecule has 0 fully saturated rings. The van der Waals surface area contributed by atoms with Gasteiger partial charge >= 0.3 is 0 Å². The fourth-order valence-electron chi connectivity index (χ4n) is 2.67. The topological polar surface area (TPSA) is 71.2 Å². The van der Waals surface area contributed by atoms with Crippen LogP contribution in [0.15, 0.2) is 18.2 Å². The summed E-state index contributed by atoms with van der Waals surface area (Å²) in [5.41, 5.74) is 4.60. The average molecular weight is 328 g/mol. The highest BCUT2D eigenvalue weighted by molar-refractivity contribution is 6.04. The van der Waals surface area contributed by atoms with E-state index in [1.807, 2.05) is 39.0 Å². The maximum absolute atomic E-state index is 12.5. The molecule has 2 rings (SSSR count). The molecule has 0 atom stereocenters. The Hall–Kier alpha value is -2.56. The van der Waals surface area contributed by atoms with Gasteiger partial charge < -0.3 is 15.0 Å². The van der Waals surface area contributed by atoms with Gasteiger partial charge in [0.05, 0.1) is 0 Å². The van der Waals surface area contributed by atoms with Crippen LogP contribution in [0, 0.1) is 27.7 Å². The summed E-state index contributed by atoms with van der Waals surface area (Å²) in [5.74, 6) is 0.323. The monoisotopic (exact) mass is 328 g/mol. The number of carbonyl (C=O) groups is 2. The Labute approximate surface area is 142 Å². The molecule has 0 bridgehead atoms. The lowest BCUT2D eigenvalue weighted by Gasteiger charge is -2.08. The van der Waals surface area contributed by atoms with Crippen LogP contribution in [0.4, 0.5) is 0 Å². The van der Waals surface area contributed by atoms with Crippen LogP contribution in [0.2, 0.25) is 0 Å². The molecule has 0 aliphatic carbocycles. The molecule has 1 amide bonds. The standard InChI is InChI=1S/C19H24N2O3/c1-6-20-19(23)18-13(4)17(14(5)21-18)16(22)10-24-15-8-7-11(2)12(3)9-15/h7-9,21H,6,10H2,1-5H3,(H,20,23). The Morgan fingerprint density at radius 3 is 2.46 bits per heavy atom. The van der Waals surface area contributed by atoms with Crippen LogP contribution in [0.5, 0.6) is 5.75 Å². The van der Waals surface area contributed by atoms with Crippen molar-refractivity contribution in [3.8, 4) is 5.75 Å². The van der Waals surface area contributed by atoms with Gasteiger partial charge in [-0.15, -0.1) is 0 Å². The molecule has 0 aliphatic rings. The summed E-state index contributed by atoms with van der Waals surface area (Å²) >= 11 is 0. The van der Waals surface area contributed by atoms with Gasteiger partial charge in [-0.05, 0) is 63.4 Å². The number of rotatable bonds is 6. The molecule has 0 aliphatic heterocycles. The third-order valence-corrected chi connectivity index (χ3v) is 4.13. The molecule has 1 aromatic carbocycles. The number of amides is 1. The normalized spacial score (nSPS) is 10.5. The molecule has 5 nitrogen and oxygen atoms in total. The lowest BCUT2D eigenvalue weighted by molar-refractivity contribution is 0.0920. The first kappa shape index (κ1) is 17.8. The minimum absolute atomic E-state index is 0.0587. The van der Waals surface area contributed by atoms with E-state index in [-0.39, 0.29) is 18.3 Å². The number of hydrogen-bond acceptors (Lipinski definition) is 3. The molecule has 0 saturated heterocycles. The summed E-state index contributed by atoms with van der Waals surface area (Å²) < 4.78 is 5.62. The van der Waals surface area contributed by atoms with Crippen molar-refractivity contribution >= 4 is 11.7 Å². The van der Waals surface area contributed by atoms with Gasteiger partial charge in [-0.3, -0.25) is 9.59 Å². The highest BCUT2D eigenvalue weighted by Crippen LogP contribution is 2.20. The van der Waals surface area contributed by atoms with E-state index in [1.54, 1.807) is 13.8 Å². The van der Waals surface area contributed by atoms with Crippen molar-refractivity contribution in [1.82, 2.24) is 10.3 Å². The first-order valence-electron chi connectivity index (χ1n) is 8.05. The second-order valence-electron chi connectivity index (χ2n) is 5.94. The van der Waals surface area contributed by atoms with E-state index >= 15 is 0 Å². The quantitative estimate of drug-likeness (QED) is 0.800. The summed E-state index contributed by atoms with van der Waals surface area (Å²) in [7, 11) is 0.